The summed E-state index contributed by atoms with van der Waals surface area (Å²) in [4.78, 5) is 10.3. The first-order chi connectivity index (χ1) is 4.75. The van der Waals surface area contributed by atoms with E-state index in [0.717, 1.165) is 5.56 Å². The smallest absolute Gasteiger partial charge is 0.154 e. The van der Waals surface area contributed by atoms with E-state index in [-0.39, 0.29) is 5.75 Å². The maximum atomic E-state index is 10.3. The molecule has 0 heterocycles. The van der Waals surface area contributed by atoms with Crippen molar-refractivity contribution in [1.82, 2.24) is 0 Å². The second kappa shape index (κ2) is 2.52. The molecule has 0 bridgehead atoms. The molecule has 0 spiro atoms. The maximum absolute atomic E-state index is 10.3. The van der Waals surface area contributed by atoms with E-state index in [1.165, 1.54) is 6.07 Å². The van der Waals surface area contributed by atoms with Crippen LogP contribution in [0, 0.1) is 6.92 Å². The van der Waals surface area contributed by atoms with Gasteiger partial charge < -0.3 is 5.11 Å². The quantitative estimate of drug-likeness (QED) is 0.594. The van der Waals surface area contributed by atoms with E-state index in [4.69, 9.17) is 5.11 Å². The van der Waals surface area contributed by atoms with Gasteiger partial charge in [0.2, 0.25) is 0 Å². The van der Waals surface area contributed by atoms with E-state index >= 15 is 0 Å². The van der Waals surface area contributed by atoms with Gasteiger partial charge in [0.1, 0.15) is 5.75 Å². The highest BCUT2D eigenvalue weighted by Crippen LogP contribution is 2.17. The van der Waals surface area contributed by atoms with Gasteiger partial charge in [0.15, 0.2) is 6.29 Å². The van der Waals surface area contributed by atoms with E-state index in [1.54, 1.807) is 19.1 Å². The van der Waals surface area contributed by atoms with E-state index in [0.29, 0.717) is 11.8 Å². The Bertz CT molecular complexity index is 233. The van der Waals surface area contributed by atoms with Gasteiger partial charge in [-0.15, -0.1) is 0 Å². The van der Waals surface area contributed by atoms with E-state index in [1.807, 2.05) is 0 Å². The molecule has 52 valence electrons. The van der Waals surface area contributed by atoms with Crippen LogP contribution in [-0.4, -0.2) is 11.4 Å². The van der Waals surface area contributed by atoms with Crippen LogP contribution in [0.1, 0.15) is 15.9 Å². The molecule has 2 heteroatoms. The minimum absolute atomic E-state index is 0.0509. The highest BCUT2D eigenvalue weighted by atomic mass is 16.3. The Morgan fingerprint density at radius 3 is 2.60 bits per heavy atom. The van der Waals surface area contributed by atoms with Crippen molar-refractivity contribution in [2.24, 2.45) is 0 Å². The lowest BCUT2D eigenvalue weighted by molar-refractivity contribution is 0.112. The zero-order valence-electron chi connectivity index (χ0n) is 5.66. The molecule has 0 aliphatic rings. The van der Waals surface area contributed by atoms with Crippen molar-refractivity contribution in [2.75, 3.05) is 0 Å². The molecule has 0 saturated heterocycles. The standard InChI is InChI=1S/C8H8O2/c1-6-3-2-4-8(10)7(6)5-9/h2-5,10H,1H3. The normalized spacial score (nSPS) is 9.30. The summed E-state index contributed by atoms with van der Waals surface area (Å²) >= 11 is 0. The fraction of sp³-hybridized carbons (Fsp3) is 0.125. The van der Waals surface area contributed by atoms with Crippen LogP contribution in [-0.2, 0) is 0 Å². The Morgan fingerprint density at radius 1 is 1.50 bits per heavy atom. The number of hydrogen-bond donors (Lipinski definition) is 1. The number of benzene rings is 1. The largest absolute Gasteiger partial charge is 0.507 e. The van der Waals surface area contributed by atoms with Gasteiger partial charge >= 0.3 is 0 Å². The average Bonchev–Trinajstić information content (AvgIpc) is 1.88. The molecule has 0 aliphatic heterocycles. The van der Waals surface area contributed by atoms with Crippen LogP contribution in [0.5, 0.6) is 5.75 Å². The minimum atomic E-state index is 0.0509. The summed E-state index contributed by atoms with van der Waals surface area (Å²) in [7, 11) is 0. The van der Waals surface area contributed by atoms with Gasteiger partial charge in [-0.1, -0.05) is 12.1 Å². The van der Waals surface area contributed by atoms with Crippen LogP contribution in [0.15, 0.2) is 18.2 Å². The van der Waals surface area contributed by atoms with Gasteiger partial charge in [-0.3, -0.25) is 4.79 Å². The molecule has 1 rings (SSSR count). The summed E-state index contributed by atoms with van der Waals surface area (Å²) in [6.45, 7) is 1.78. The maximum Gasteiger partial charge on any atom is 0.154 e. The molecule has 0 saturated carbocycles. The van der Waals surface area contributed by atoms with E-state index in [9.17, 15) is 4.79 Å². The number of phenols is 1. The zero-order chi connectivity index (χ0) is 7.56. The average molecular weight is 136 g/mol. The summed E-state index contributed by atoms with van der Waals surface area (Å²) in [5.74, 6) is 0.0509. The molecule has 0 aliphatic carbocycles. The van der Waals surface area contributed by atoms with Crippen LogP contribution in [0.25, 0.3) is 0 Å². The number of carbonyl (C=O) groups is 1. The molecular weight excluding hydrogens is 128 g/mol. The van der Waals surface area contributed by atoms with Crippen molar-refractivity contribution in [3.05, 3.63) is 29.3 Å². The minimum Gasteiger partial charge on any atom is -0.507 e. The second-order valence-electron chi connectivity index (χ2n) is 2.13. The zero-order valence-corrected chi connectivity index (χ0v) is 5.66. The summed E-state index contributed by atoms with van der Waals surface area (Å²) in [6, 6.07) is 4.98. The van der Waals surface area contributed by atoms with Gasteiger partial charge in [0.05, 0.1) is 5.56 Å². The Kier molecular flexibility index (Phi) is 1.71. The first kappa shape index (κ1) is 6.81. The monoisotopic (exact) mass is 136 g/mol. The lowest BCUT2D eigenvalue weighted by Gasteiger charge is -1.98. The van der Waals surface area contributed by atoms with Gasteiger partial charge in [-0.2, -0.15) is 0 Å². The van der Waals surface area contributed by atoms with Gasteiger partial charge in [0, 0.05) is 0 Å². The molecule has 10 heavy (non-hydrogen) atoms. The van der Waals surface area contributed by atoms with Crippen LogP contribution in [0.2, 0.25) is 0 Å². The van der Waals surface area contributed by atoms with Gasteiger partial charge in [-0.25, -0.2) is 0 Å². The van der Waals surface area contributed by atoms with Crippen molar-refractivity contribution < 1.29 is 9.90 Å². The molecule has 2 nitrogen and oxygen atoms in total. The molecule has 0 fully saturated rings. The molecule has 0 radical (unpaired) electrons. The molecule has 0 atom stereocenters. The predicted octanol–water partition coefficient (Wildman–Crippen LogP) is 1.51. The van der Waals surface area contributed by atoms with E-state index in [2.05, 4.69) is 0 Å². The Morgan fingerprint density at radius 2 is 2.20 bits per heavy atom. The lowest BCUT2D eigenvalue weighted by Crippen LogP contribution is -1.84. The fourth-order valence-corrected chi connectivity index (χ4v) is 0.818. The number of phenolic OH excluding ortho intramolecular Hbond substituents is 1. The molecule has 0 unspecified atom stereocenters. The molecule has 0 aromatic heterocycles. The van der Waals surface area contributed by atoms with E-state index < -0.39 is 0 Å². The summed E-state index contributed by atoms with van der Waals surface area (Å²) < 4.78 is 0. The number of carbonyl (C=O) groups excluding carboxylic acids is 1. The summed E-state index contributed by atoms with van der Waals surface area (Å²) in [5.41, 5.74) is 1.18. The highest BCUT2D eigenvalue weighted by Gasteiger charge is 2.00. The topological polar surface area (TPSA) is 37.3 Å². The van der Waals surface area contributed by atoms with Crippen molar-refractivity contribution in [2.45, 2.75) is 6.92 Å². The summed E-state index contributed by atoms with van der Waals surface area (Å²) in [6.07, 6.45) is 0.657. The molecule has 1 aromatic carbocycles. The van der Waals surface area contributed by atoms with Crippen molar-refractivity contribution >= 4 is 6.29 Å². The predicted molar refractivity (Wildman–Crippen MR) is 38.2 cm³/mol. The molecule has 1 aromatic rings. The lowest BCUT2D eigenvalue weighted by atomic mass is 10.1. The molecular formula is C8H8O2. The number of aldehydes is 1. The Hall–Kier alpha value is -1.31. The van der Waals surface area contributed by atoms with Gasteiger partial charge in [-0.05, 0) is 18.6 Å². The van der Waals surface area contributed by atoms with Crippen LogP contribution in [0.3, 0.4) is 0 Å². The van der Waals surface area contributed by atoms with Crippen molar-refractivity contribution in [1.29, 1.82) is 0 Å². The van der Waals surface area contributed by atoms with Gasteiger partial charge in [0.25, 0.3) is 0 Å². The van der Waals surface area contributed by atoms with Crippen LogP contribution in [0.4, 0.5) is 0 Å². The Labute approximate surface area is 59.1 Å². The third-order valence-corrected chi connectivity index (χ3v) is 1.42. The van der Waals surface area contributed by atoms with Crippen molar-refractivity contribution in [3.8, 4) is 5.75 Å². The fourth-order valence-electron chi connectivity index (χ4n) is 0.818. The van der Waals surface area contributed by atoms with Crippen LogP contribution >= 0.6 is 0 Å². The molecule has 0 amide bonds. The van der Waals surface area contributed by atoms with Crippen LogP contribution < -0.4 is 0 Å². The first-order valence-corrected chi connectivity index (χ1v) is 2.99. The summed E-state index contributed by atoms with van der Waals surface area (Å²) in [5, 5.41) is 9.06. The SMILES string of the molecule is Cc1cccc(O)c1C=O. The third-order valence-electron chi connectivity index (χ3n) is 1.42. The third kappa shape index (κ3) is 1.00. The Balaban J connectivity index is 3.30. The number of hydrogen-bond acceptors (Lipinski definition) is 2. The highest BCUT2D eigenvalue weighted by molar-refractivity contribution is 5.81. The number of aromatic hydroxyl groups is 1. The van der Waals surface area contributed by atoms with Crippen molar-refractivity contribution in [3.63, 3.8) is 0 Å². The number of rotatable bonds is 1. The second-order valence-corrected chi connectivity index (χ2v) is 2.13. The first-order valence-electron chi connectivity index (χ1n) is 2.99. The molecule has 1 N–H and O–H groups in total. The number of aryl methyl sites for hydroxylation is 1.